The summed E-state index contributed by atoms with van der Waals surface area (Å²) in [6, 6.07) is 12.3. The normalized spacial score (nSPS) is 10.3. The molecule has 0 aromatic heterocycles. The van der Waals surface area contributed by atoms with Crippen LogP contribution < -0.4 is 20.7 Å². The lowest BCUT2D eigenvalue weighted by molar-refractivity contribution is 0.0951. The van der Waals surface area contributed by atoms with Crippen molar-refractivity contribution in [2.24, 2.45) is 0 Å². The molecular formula is C23H28BrN3O3S. The first-order valence-corrected chi connectivity index (χ1v) is 11.6. The molecule has 2 rings (SSSR count). The first-order chi connectivity index (χ1) is 15.0. The van der Waals surface area contributed by atoms with Crippen molar-refractivity contribution in [1.29, 1.82) is 0 Å². The molecule has 2 amide bonds. The number of nitrogens with one attached hydrogen (secondary N) is 3. The highest BCUT2D eigenvalue weighted by Crippen LogP contribution is 2.24. The molecule has 0 aliphatic heterocycles. The van der Waals surface area contributed by atoms with E-state index in [1.165, 1.54) is 0 Å². The van der Waals surface area contributed by atoms with Gasteiger partial charge in [0, 0.05) is 11.0 Å². The average Bonchev–Trinajstić information content (AvgIpc) is 2.75. The molecule has 0 radical (unpaired) electrons. The highest BCUT2D eigenvalue weighted by molar-refractivity contribution is 9.10. The lowest BCUT2D eigenvalue weighted by Gasteiger charge is -2.15. The van der Waals surface area contributed by atoms with Crippen LogP contribution in [-0.2, 0) is 0 Å². The van der Waals surface area contributed by atoms with Gasteiger partial charge in [0.1, 0.15) is 5.75 Å². The third-order valence-electron chi connectivity index (χ3n) is 4.40. The van der Waals surface area contributed by atoms with Gasteiger partial charge in [0.2, 0.25) is 0 Å². The maximum Gasteiger partial charge on any atom is 0.261 e. The van der Waals surface area contributed by atoms with E-state index in [1.54, 1.807) is 36.4 Å². The maximum absolute atomic E-state index is 12.8. The Balaban J connectivity index is 2.08. The molecule has 0 atom stereocenters. The summed E-state index contributed by atoms with van der Waals surface area (Å²) in [5, 5.41) is 8.61. The van der Waals surface area contributed by atoms with Crippen molar-refractivity contribution in [3.05, 3.63) is 58.1 Å². The minimum absolute atomic E-state index is 0.0956. The van der Waals surface area contributed by atoms with Gasteiger partial charge in [-0.15, -0.1) is 0 Å². The Morgan fingerprint density at radius 2 is 1.74 bits per heavy atom. The number of amides is 2. The van der Waals surface area contributed by atoms with Crippen LogP contribution in [-0.4, -0.2) is 30.1 Å². The lowest BCUT2D eigenvalue weighted by atomic mass is 10.1. The molecule has 0 saturated heterocycles. The third-order valence-corrected chi connectivity index (χ3v) is 5.10. The van der Waals surface area contributed by atoms with Crippen molar-refractivity contribution in [3.63, 3.8) is 0 Å². The number of para-hydroxylation sites is 1. The number of hydrogen-bond acceptors (Lipinski definition) is 4. The molecule has 2 aromatic rings. The van der Waals surface area contributed by atoms with Crippen LogP contribution in [0.5, 0.6) is 5.75 Å². The molecule has 3 N–H and O–H groups in total. The quantitative estimate of drug-likeness (QED) is 0.302. The summed E-state index contributed by atoms with van der Waals surface area (Å²) in [4.78, 5) is 25.3. The van der Waals surface area contributed by atoms with Gasteiger partial charge in [-0.1, -0.05) is 54.8 Å². The summed E-state index contributed by atoms with van der Waals surface area (Å²) in [5.74, 6) is -0.0906. The number of unbranched alkanes of at least 4 members (excludes halogenated alkanes) is 2. The Kier molecular flexibility index (Phi) is 10.5. The van der Waals surface area contributed by atoms with E-state index in [0.717, 1.165) is 30.2 Å². The number of carbonyl (C=O) groups is 2. The molecule has 0 aliphatic rings. The van der Waals surface area contributed by atoms with Crippen LogP contribution in [0.2, 0.25) is 0 Å². The molecule has 8 heteroatoms. The number of ether oxygens (including phenoxy) is 1. The van der Waals surface area contributed by atoms with E-state index in [0.29, 0.717) is 35.7 Å². The molecule has 0 unspecified atom stereocenters. The monoisotopic (exact) mass is 505 g/mol. The van der Waals surface area contributed by atoms with E-state index in [-0.39, 0.29) is 11.0 Å². The molecule has 0 fully saturated rings. The number of carbonyl (C=O) groups excluding carboxylic acids is 2. The van der Waals surface area contributed by atoms with Crippen molar-refractivity contribution >= 4 is 50.8 Å². The average molecular weight is 506 g/mol. The van der Waals surface area contributed by atoms with Gasteiger partial charge in [-0.3, -0.25) is 14.9 Å². The predicted molar refractivity (Wildman–Crippen MR) is 132 cm³/mol. The largest absolute Gasteiger partial charge is 0.493 e. The van der Waals surface area contributed by atoms with Crippen LogP contribution >= 0.6 is 28.1 Å². The summed E-state index contributed by atoms with van der Waals surface area (Å²) >= 11 is 8.71. The van der Waals surface area contributed by atoms with Gasteiger partial charge in [-0.25, -0.2) is 0 Å². The second-order valence-corrected chi connectivity index (χ2v) is 8.23. The SMILES string of the molecule is CCCCNC(=O)c1ccccc1NC(=S)NC(=O)c1cc(Br)ccc1OCCCC. The second-order valence-electron chi connectivity index (χ2n) is 6.91. The van der Waals surface area contributed by atoms with Gasteiger partial charge in [-0.2, -0.15) is 0 Å². The summed E-state index contributed by atoms with van der Waals surface area (Å²) < 4.78 is 6.51. The third kappa shape index (κ3) is 7.95. The molecule has 0 bridgehead atoms. The van der Waals surface area contributed by atoms with Gasteiger partial charge in [0.25, 0.3) is 11.8 Å². The highest BCUT2D eigenvalue weighted by Gasteiger charge is 2.16. The molecular weight excluding hydrogens is 478 g/mol. The maximum atomic E-state index is 12.8. The Bertz CT molecular complexity index is 921. The first-order valence-electron chi connectivity index (χ1n) is 10.4. The van der Waals surface area contributed by atoms with Crippen molar-refractivity contribution in [3.8, 4) is 5.75 Å². The van der Waals surface area contributed by atoms with Crippen molar-refractivity contribution in [2.75, 3.05) is 18.5 Å². The fourth-order valence-electron chi connectivity index (χ4n) is 2.72. The van der Waals surface area contributed by atoms with Crippen LogP contribution in [0.15, 0.2) is 46.9 Å². The van der Waals surface area contributed by atoms with Gasteiger partial charge in [-0.05, 0) is 55.4 Å². The minimum Gasteiger partial charge on any atom is -0.493 e. The zero-order valence-electron chi connectivity index (χ0n) is 17.8. The topological polar surface area (TPSA) is 79.5 Å². The van der Waals surface area contributed by atoms with Crippen LogP contribution in [0, 0.1) is 0 Å². The van der Waals surface area contributed by atoms with E-state index >= 15 is 0 Å². The molecule has 0 saturated carbocycles. The van der Waals surface area contributed by atoms with Crippen LogP contribution in [0.4, 0.5) is 5.69 Å². The van der Waals surface area contributed by atoms with Crippen LogP contribution in [0.25, 0.3) is 0 Å². The lowest BCUT2D eigenvalue weighted by Crippen LogP contribution is -2.35. The Labute approximate surface area is 197 Å². The Morgan fingerprint density at radius 3 is 2.48 bits per heavy atom. The molecule has 6 nitrogen and oxygen atoms in total. The molecule has 0 heterocycles. The smallest absolute Gasteiger partial charge is 0.261 e. The van der Waals surface area contributed by atoms with E-state index < -0.39 is 5.91 Å². The number of hydrogen-bond donors (Lipinski definition) is 3. The van der Waals surface area contributed by atoms with Crippen LogP contribution in [0.3, 0.4) is 0 Å². The zero-order chi connectivity index (χ0) is 22.6. The van der Waals surface area contributed by atoms with E-state index in [9.17, 15) is 9.59 Å². The number of thiocarbonyl (C=S) groups is 1. The van der Waals surface area contributed by atoms with Gasteiger partial charge in [0.05, 0.1) is 23.4 Å². The fraction of sp³-hybridized carbons (Fsp3) is 0.348. The summed E-state index contributed by atoms with van der Waals surface area (Å²) in [7, 11) is 0. The number of anilines is 1. The van der Waals surface area contributed by atoms with Gasteiger partial charge < -0.3 is 15.4 Å². The summed E-state index contributed by atoms with van der Waals surface area (Å²) in [6.07, 6.45) is 3.80. The predicted octanol–water partition coefficient (Wildman–Crippen LogP) is 5.28. The van der Waals surface area contributed by atoms with Crippen LogP contribution in [0.1, 0.15) is 60.2 Å². The fourth-order valence-corrected chi connectivity index (χ4v) is 3.28. The Morgan fingerprint density at radius 1 is 1.00 bits per heavy atom. The standard InChI is InChI=1S/C23H28BrN3O3S/c1-3-5-13-25-21(28)17-9-7-8-10-19(17)26-23(31)27-22(29)18-15-16(24)11-12-20(18)30-14-6-4-2/h7-12,15H,3-6,13-14H2,1-2H3,(H,25,28)(H2,26,27,29,31). The first kappa shape index (κ1) is 24.8. The highest BCUT2D eigenvalue weighted by atomic mass is 79.9. The summed E-state index contributed by atoms with van der Waals surface area (Å²) in [6.45, 7) is 5.27. The van der Waals surface area contributed by atoms with Crippen molar-refractivity contribution < 1.29 is 14.3 Å². The zero-order valence-corrected chi connectivity index (χ0v) is 20.2. The van der Waals surface area contributed by atoms with Gasteiger partial charge in [0.15, 0.2) is 5.11 Å². The number of halogens is 1. The van der Waals surface area contributed by atoms with E-state index in [1.807, 2.05) is 6.07 Å². The molecule has 0 spiro atoms. The second kappa shape index (κ2) is 13.1. The summed E-state index contributed by atoms with van der Waals surface area (Å²) in [5.41, 5.74) is 1.36. The van der Waals surface area contributed by atoms with E-state index in [2.05, 4.69) is 45.7 Å². The Hall–Kier alpha value is -2.45. The van der Waals surface area contributed by atoms with Crippen molar-refractivity contribution in [1.82, 2.24) is 10.6 Å². The van der Waals surface area contributed by atoms with E-state index in [4.69, 9.17) is 17.0 Å². The number of rotatable bonds is 10. The molecule has 2 aromatic carbocycles. The molecule has 31 heavy (non-hydrogen) atoms. The van der Waals surface area contributed by atoms with Gasteiger partial charge >= 0.3 is 0 Å². The number of benzene rings is 2. The van der Waals surface area contributed by atoms with Crippen molar-refractivity contribution in [2.45, 2.75) is 39.5 Å². The molecule has 166 valence electrons. The molecule has 0 aliphatic carbocycles. The minimum atomic E-state index is -0.393.